The van der Waals surface area contributed by atoms with Crippen LogP contribution in [-0.2, 0) is 9.59 Å². The molecule has 156 valence electrons. The van der Waals surface area contributed by atoms with Crippen LogP contribution in [0.4, 0.5) is 0 Å². The van der Waals surface area contributed by atoms with Crippen LogP contribution in [0.25, 0.3) is 0 Å². The highest BCUT2D eigenvalue weighted by molar-refractivity contribution is 5.85. The molecule has 1 saturated carbocycles. The van der Waals surface area contributed by atoms with Gasteiger partial charge in [0, 0.05) is 11.8 Å². The number of benzene rings is 1. The van der Waals surface area contributed by atoms with Crippen molar-refractivity contribution in [3.8, 4) is 0 Å². The lowest BCUT2D eigenvalue weighted by molar-refractivity contribution is -0.146. The van der Waals surface area contributed by atoms with Crippen LogP contribution in [0.1, 0.15) is 76.7 Å². The van der Waals surface area contributed by atoms with Gasteiger partial charge in [-0.3, -0.25) is 9.59 Å². The number of carboxylic acids is 2. The summed E-state index contributed by atoms with van der Waals surface area (Å²) in [5, 5.41) is 19.6. The van der Waals surface area contributed by atoms with Gasteiger partial charge in [0.15, 0.2) is 0 Å². The molecule has 4 N–H and O–H groups in total. The summed E-state index contributed by atoms with van der Waals surface area (Å²) in [5.74, 6) is -3.83. The van der Waals surface area contributed by atoms with Crippen molar-refractivity contribution in [3.63, 3.8) is 0 Å². The van der Waals surface area contributed by atoms with Crippen LogP contribution >= 0.6 is 0 Å². The minimum Gasteiger partial charge on any atom is -0.481 e. The molecule has 0 bridgehead atoms. The molecule has 5 unspecified atom stereocenters. The van der Waals surface area contributed by atoms with Crippen molar-refractivity contribution < 1.29 is 19.8 Å². The van der Waals surface area contributed by atoms with Gasteiger partial charge in [-0.1, -0.05) is 89.1 Å². The number of aliphatic carboxylic acids is 2. The van der Waals surface area contributed by atoms with Gasteiger partial charge >= 0.3 is 11.9 Å². The molecule has 0 heterocycles. The van der Waals surface area contributed by atoms with E-state index in [4.69, 9.17) is 5.73 Å². The predicted molar refractivity (Wildman–Crippen MR) is 110 cm³/mol. The number of rotatable bonds is 13. The summed E-state index contributed by atoms with van der Waals surface area (Å²) in [7, 11) is 0. The van der Waals surface area contributed by atoms with E-state index in [9.17, 15) is 19.8 Å². The molecular weight excluding hydrogens is 354 g/mol. The number of carboxylic acid groups (broad SMARTS) is 2. The van der Waals surface area contributed by atoms with E-state index in [0.29, 0.717) is 0 Å². The molecule has 5 heteroatoms. The number of hydrogen-bond acceptors (Lipinski definition) is 3. The second-order valence-corrected chi connectivity index (χ2v) is 8.33. The highest BCUT2D eigenvalue weighted by Crippen LogP contribution is 2.58. The summed E-state index contributed by atoms with van der Waals surface area (Å²) in [5.41, 5.74) is 5.72. The van der Waals surface area contributed by atoms with Gasteiger partial charge < -0.3 is 15.9 Å². The van der Waals surface area contributed by atoms with Crippen LogP contribution in [0, 0.1) is 17.8 Å². The summed E-state index contributed by atoms with van der Waals surface area (Å²) in [6, 6.07) is 9.30. The maximum absolute atomic E-state index is 12.2. The topological polar surface area (TPSA) is 101 Å². The second-order valence-electron chi connectivity index (χ2n) is 8.33. The van der Waals surface area contributed by atoms with Crippen molar-refractivity contribution in [2.24, 2.45) is 23.5 Å². The number of carbonyl (C=O) groups is 2. The minimum atomic E-state index is -1.57. The summed E-state index contributed by atoms with van der Waals surface area (Å²) in [6.07, 6.45) is 8.84. The molecule has 1 fully saturated rings. The van der Waals surface area contributed by atoms with Crippen molar-refractivity contribution >= 4 is 11.9 Å². The lowest BCUT2D eigenvalue weighted by atomic mass is 9.76. The van der Waals surface area contributed by atoms with Crippen LogP contribution in [0.2, 0.25) is 0 Å². The highest BCUT2D eigenvalue weighted by Gasteiger charge is 2.67. The van der Waals surface area contributed by atoms with E-state index in [0.717, 1.165) is 31.2 Å². The fraction of sp³-hybridized carbons (Fsp3) is 0.652. The fourth-order valence-electron chi connectivity index (χ4n) is 4.69. The Hall–Kier alpha value is -1.88. The van der Waals surface area contributed by atoms with Gasteiger partial charge in [0.25, 0.3) is 0 Å². The van der Waals surface area contributed by atoms with E-state index in [-0.39, 0.29) is 5.92 Å². The zero-order chi connectivity index (χ0) is 20.7. The smallest absolute Gasteiger partial charge is 0.324 e. The third-order valence-corrected chi connectivity index (χ3v) is 6.53. The van der Waals surface area contributed by atoms with Gasteiger partial charge in [-0.15, -0.1) is 0 Å². The molecule has 1 aliphatic rings. The molecule has 28 heavy (non-hydrogen) atoms. The average molecular weight is 390 g/mol. The third kappa shape index (κ3) is 4.93. The van der Waals surface area contributed by atoms with Gasteiger partial charge in [-0.25, -0.2) is 0 Å². The van der Waals surface area contributed by atoms with Crippen molar-refractivity contribution in [1.29, 1.82) is 0 Å². The minimum absolute atomic E-state index is 0.152. The average Bonchev–Trinajstić information content (AvgIpc) is 3.41. The zero-order valence-electron chi connectivity index (χ0n) is 17.1. The van der Waals surface area contributed by atoms with Crippen LogP contribution in [-0.4, -0.2) is 27.7 Å². The molecule has 5 nitrogen and oxygen atoms in total. The molecule has 1 aromatic carbocycles. The largest absolute Gasteiger partial charge is 0.481 e. The Labute approximate surface area is 168 Å². The van der Waals surface area contributed by atoms with E-state index in [2.05, 4.69) is 6.92 Å². The van der Waals surface area contributed by atoms with Gasteiger partial charge in [0.2, 0.25) is 0 Å². The van der Waals surface area contributed by atoms with E-state index in [1.165, 1.54) is 25.7 Å². The standard InChI is InChI=1S/C23H35NO4/c1-3-4-5-6-7-8-12-15-18-19(21(25)26)20(18)23(24,22(27)28)16(2)17-13-10-9-11-14-17/h9-11,13-14,16,18-20H,3-8,12,15,24H2,1-2H3,(H,25,26)(H,27,28). The molecule has 0 amide bonds. The van der Waals surface area contributed by atoms with E-state index in [1.807, 2.05) is 30.3 Å². The van der Waals surface area contributed by atoms with Crippen LogP contribution in [0.5, 0.6) is 0 Å². The Kier molecular flexibility index (Phi) is 8.05. The fourth-order valence-corrected chi connectivity index (χ4v) is 4.69. The molecule has 1 aliphatic carbocycles. The molecular formula is C23H35NO4. The SMILES string of the molecule is CCCCCCCCCC1C(C(=O)O)C1C(N)(C(=O)O)C(C)c1ccccc1. The van der Waals surface area contributed by atoms with Crippen LogP contribution in [0.3, 0.4) is 0 Å². The summed E-state index contributed by atoms with van der Waals surface area (Å²) >= 11 is 0. The van der Waals surface area contributed by atoms with Gasteiger partial charge in [-0.05, 0) is 17.9 Å². The monoisotopic (exact) mass is 389 g/mol. The second kappa shape index (κ2) is 10.1. The summed E-state index contributed by atoms with van der Waals surface area (Å²) < 4.78 is 0. The highest BCUT2D eigenvalue weighted by atomic mass is 16.4. The molecule has 1 aromatic rings. The zero-order valence-corrected chi connectivity index (χ0v) is 17.1. The van der Waals surface area contributed by atoms with Crippen molar-refractivity contribution in [3.05, 3.63) is 35.9 Å². The predicted octanol–water partition coefficient (Wildman–Crippen LogP) is 4.66. The Balaban J connectivity index is 2.04. The first-order valence-corrected chi connectivity index (χ1v) is 10.7. The Bertz CT molecular complexity index is 647. The lowest BCUT2D eigenvalue weighted by Crippen LogP contribution is -2.55. The molecule has 0 spiro atoms. The lowest BCUT2D eigenvalue weighted by Gasteiger charge is -2.32. The van der Waals surface area contributed by atoms with Gasteiger partial charge in [0.1, 0.15) is 5.54 Å². The Morgan fingerprint density at radius 3 is 2.14 bits per heavy atom. The first-order chi connectivity index (χ1) is 13.4. The quantitative estimate of drug-likeness (QED) is 0.426. The van der Waals surface area contributed by atoms with Crippen molar-refractivity contribution in [1.82, 2.24) is 0 Å². The molecule has 0 saturated heterocycles. The molecule has 5 atom stereocenters. The Morgan fingerprint density at radius 2 is 1.61 bits per heavy atom. The Morgan fingerprint density at radius 1 is 1.04 bits per heavy atom. The maximum Gasteiger partial charge on any atom is 0.324 e. The van der Waals surface area contributed by atoms with Crippen molar-refractivity contribution in [2.75, 3.05) is 0 Å². The molecule has 0 radical (unpaired) electrons. The number of hydrogen-bond donors (Lipinski definition) is 3. The van der Waals surface area contributed by atoms with E-state index >= 15 is 0 Å². The first-order valence-electron chi connectivity index (χ1n) is 10.7. The van der Waals surface area contributed by atoms with Crippen molar-refractivity contribution in [2.45, 2.75) is 76.7 Å². The maximum atomic E-state index is 12.2. The summed E-state index contributed by atoms with van der Waals surface area (Å²) in [4.78, 5) is 24.0. The molecule has 0 aliphatic heterocycles. The number of unbranched alkanes of at least 4 members (excludes halogenated alkanes) is 6. The van der Waals surface area contributed by atoms with Crippen LogP contribution < -0.4 is 5.73 Å². The summed E-state index contributed by atoms with van der Waals surface area (Å²) in [6.45, 7) is 3.99. The van der Waals surface area contributed by atoms with Gasteiger partial charge in [0.05, 0.1) is 5.92 Å². The molecule has 2 rings (SSSR count). The first kappa shape index (κ1) is 22.4. The normalized spacial score (nSPS) is 24.3. The van der Waals surface area contributed by atoms with E-state index < -0.39 is 35.2 Å². The molecule has 0 aromatic heterocycles. The third-order valence-electron chi connectivity index (χ3n) is 6.53. The van der Waals surface area contributed by atoms with Gasteiger partial charge in [-0.2, -0.15) is 0 Å². The van der Waals surface area contributed by atoms with E-state index in [1.54, 1.807) is 6.92 Å². The number of nitrogens with two attached hydrogens (primary N) is 1. The van der Waals surface area contributed by atoms with Crippen LogP contribution in [0.15, 0.2) is 30.3 Å².